The Morgan fingerprint density at radius 2 is 1.94 bits per heavy atom. The summed E-state index contributed by atoms with van der Waals surface area (Å²) in [6, 6.07) is 15.1. The van der Waals surface area contributed by atoms with E-state index >= 15 is 0 Å². The lowest BCUT2D eigenvalue weighted by Gasteiger charge is -2.45. The van der Waals surface area contributed by atoms with Gasteiger partial charge in [-0.1, -0.05) is 24.3 Å². The Labute approximate surface area is 195 Å². The fraction of sp³-hybridized carbons (Fsp3) is 0.444. The van der Waals surface area contributed by atoms with Crippen LogP contribution >= 0.6 is 0 Å². The van der Waals surface area contributed by atoms with Crippen LogP contribution in [0.2, 0.25) is 0 Å². The average molecular weight is 448 g/mol. The SMILES string of the molecule is COc1ccc([C@H]2C[C@@H](NCc3cn(C)c4ccccc34)CC[C@]23CCC(=O)N3)cc1OC. The Balaban J connectivity index is 1.39. The normalized spacial score (nSPS) is 24.9. The number of hydrogen-bond donors (Lipinski definition) is 2. The van der Waals surface area contributed by atoms with Crippen molar-refractivity contribution in [2.24, 2.45) is 7.05 Å². The van der Waals surface area contributed by atoms with Gasteiger partial charge in [-0.2, -0.15) is 0 Å². The van der Waals surface area contributed by atoms with Crippen molar-refractivity contribution < 1.29 is 14.3 Å². The predicted octanol–water partition coefficient (Wildman–Crippen LogP) is 4.27. The monoisotopic (exact) mass is 447 g/mol. The highest BCUT2D eigenvalue weighted by Crippen LogP contribution is 2.47. The molecule has 1 saturated heterocycles. The second kappa shape index (κ2) is 8.75. The van der Waals surface area contributed by atoms with Crippen molar-refractivity contribution in [3.05, 3.63) is 59.8 Å². The van der Waals surface area contributed by atoms with Crippen molar-refractivity contribution in [2.75, 3.05) is 14.2 Å². The van der Waals surface area contributed by atoms with E-state index in [-0.39, 0.29) is 17.4 Å². The van der Waals surface area contributed by atoms with E-state index in [1.54, 1.807) is 14.2 Å². The molecule has 2 aromatic carbocycles. The predicted molar refractivity (Wildman–Crippen MR) is 130 cm³/mol. The number of fused-ring (bicyclic) bond motifs is 1. The first-order valence-electron chi connectivity index (χ1n) is 11.8. The number of carbonyl (C=O) groups is 1. The summed E-state index contributed by atoms with van der Waals surface area (Å²) >= 11 is 0. The summed E-state index contributed by atoms with van der Waals surface area (Å²) in [6.45, 7) is 0.837. The molecule has 1 aliphatic heterocycles. The standard InChI is InChI=1S/C27H33N3O3/c1-30-17-19(21-6-4-5-7-23(21)30)16-28-20-10-12-27(13-11-26(31)29-27)22(15-20)18-8-9-24(32-2)25(14-18)33-3/h4-9,14,17,20,22,28H,10-13,15-16H2,1-3H3,(H,29,31)/t20-,22+,27-/m0/s1. The van der Waals surface area contributed by atoms with Crippen LogP contribution in [0.25, 0.3) is 10.9 Å². The number of ether oxygens (including phenoxy) is 2. The maximum Gasteiger partial charge on any atom is 0.220 e. The van der Waals surface area contributed by atoms with Gasteiger partial charge in [-0.05, 0) is 55.0 Å². The van der Waals surface area contributed by atoms with Gasteiger partial charge in [-0.25, -0.2) is 0 Å². The molecule has 1 aliphatic carbocycles. The van der Waals surface area contributed by atoms with Crippen molar-refractivity contribution in [3.63, 3.8) is 0 Å². The van der Waals surface area contributed by atoms with Crippen molar-refractivity contribution in [3.8, 4) is 11.5 Å². The lowest BCUT2D eigenvalue weighted by atomic mass is 9.67. The molecule has 0 unspecified atom stereocenters. The minimum atomic E-state index is -0.172. The molecule has 33 heavy (non-hydrogen) atoms. The van der Waals surface area contributed by atoms with Gasteiger partial charge >= 0.3 is 0 Å². The van der Waals surface area contributed by atoms with Gasteiger partial charge in [0.1, 0.15) is 0 Å². The number of rotatable bonds is 6. The number of nitrogens with zero attached hydrogens (tertiary/aromatic N) is 1. The fourth-order valence-electron chi connectivity index (χ4n) is 5.95. The number of aryl methyl sites for hydroxylation is 1. The van der Waals surface area contributed by atoms with Gasteiger partial charge < -0.3 is 24.7 Å². The minimum absolute atomic E-state index is 0.169. The highest BCUT2D eigenvalue weighted by Gasteiger charge is 2.48. The number of para-hydroxylation sites is 1. The molecule has 2 heterocycles. The molecule has 1 spiro atoms. The zero-order valence-electron chi connectivity index (χ0n) is 19.7. The zero-order chi connectivity index (χ0) is 23.0. The lowest BCUT2D eigenvalue weighted by Crippen LogP contribution is -2.53. The molecule has 2 fully saturated rings. The molecular weight excluding hydrogens is 414 g/mol. The molecule has 5 rings (SSSR count). The molecule has 0 radical (unpaired) electrons. The molecule has 0 bridgehead atoms. The second-order valence-electron chi connectivity index (χ2n) is 9.51. The number of amides is 1. The zero-order valence-corrected chi connectivity index (χ0v) is 19.7. The number of nitrogens with one attached hydrogen (secondary N) is 2. The maximum atomic E-state index is 12.3. The van der Waals surface area contributed by atoms with Gasteiger partial charge in [0.25, 0.3) is 0 Å². The van der Waals surface area contributed by atoms with Crippen LogP contribution in [0.5, 0.6) is 11.5 Å². The van der Waals surface area contributed by atoms with Crippen LogP contribution in [0, 0.1) is 0 Å². The van der Waals surface area contributed by atoms with E-state index in [1.807, 2.05) is 6.07 Å². The number of hydrogen-bond acceptors (Lipinski definition) is 4. The van der Waals surface area contributed by atoms with Crippen LogP contribution in [0.3, 0.4) is 0 Å². The molecule has 3 aromatic rings. The van der Waals surface area contributed by atoms with E-state index in [9.17, 15) is 4.79 Å². The largest absolute Gasteiger partial charge is 0.493 e. The number of benzene rings is 2. The van der Waals surface area contributed by atoms with Crippen molar-refractivity contribution >= 4 is 16.8 Å². The molecule has 1 saturated carbocycles. The molecule has 6 heteroatoms. The van der Waals surface area contributed by atoms with Crippen LogP contribution in [-0.4, -0.2) is 36.3 Å². The van der Waals surface area contributed by atoms with Crippen LogP contribution in [0.4, 0.5) is 0 Å². The summed E-state index contributed by atoms with van der Waals surface area (Å²) in [6.07, 6.45) is 6.73. The first-order chi connectivity index (χ1) is 16.0. The third kappa shape index (κ3) is 3.97. The van der Waals surface area contributed by atoms with Crippen LogP contribution < -0.4 is 20.1 Å². The van der Waals surface area contributed by atoms with Crippen LogP contribution in [0.15, 0.2) is 48.7 Å². The van der Waals surface area contributed by atoms with Crippen molar-refractivity contribution in [1.82, 2.24) is 15.2 Å². The summed E-state index contributed by atoms with van der Waals surface area (Å²) in [5.74, 6) is 1.86. The highest BCUT2D eigenvalue weighted by atomic mass is 16.5. The molecule has 6 nitrogen and oxygen atoms in total. The van der Waals surface area contributed by atoms with Crippen molar-refractivity contribution in [1.29, 1.82) is 0 Å². The topological polar surface area (TPSA) is 64.5 Å². The summed E-state index contributed by atoms with van der Waals surface area (Å²) in [5.41, 5.74) is 3.61. The number of aromatic nitrogens is 1. The smallest absolute Gasteiger partial charge is 0.220 e. The van der Waals surface area contributed by atoms with Gasteiger partial charge in [-0.3, -0.25) is 4.79 Å². The van der Waals surface area contributed by atoms with Gasteiger partial charge in [-0.15, -0.1) is 0 Å². The second-order valence-corrected chi connectivity index (χ2v) is 9.51. The van der Waals surface area contributed by atoms with Crippen molar-refractivity contribution in [2.45, 2.75) is 56.1 Å². The Hall–Kier alpha value is -2.99. The fourth-order valence-corrected chi connectivity index (χ4v) is 5.95. The van der Waals surface area contributed by atoms with Crippen LogP contribution in [-0.2, 0) is 18.4 Å². The quantitative estimate of drug-likeness (QED) is 0.592. The summed E-state index contributed by atoms with van der Waals surface area (Å²) in [7, 11) is 5.43. The Kier molecular flexibility index (Phi) is 5.79. The molecule has 3 atom stereocenters. The van der Waals surface area contributed by atoms with E-state index in [2.05, 4.69) is 64.8 Å². The van der Waals surface area contributed by atoms with Gasteiger partial charge in [0, 0.05) is 54.6 Å². The van der Waals surface area contributed by atoms with E-state index in [1.165, 1.54) is 22.0 Å². The van der Waals surface area contributed by atoms with Gasteiger partial charge in [0.15, 0.2) is 11.5 Å². The Morgan fingerprint density at radius 3 is 2.70 bits per heavy atom. The summed E-state index contributed by atoms with van der Waals surface area (Å²) in [4.78, 5) is 12.3. The minimum Gasteiger partial charge on any atom is -0.493 e. The molecule has 1 amide bonds. The molecule has 174 valence electrons. The Bertz CT molecular complexity index is 1170. The highest BCUT2D eigenvalue weighted by molar-refractivity contribution is 5.83. The number of carbonyl (C=O) groups excluding carboxylic acids is 1. The van der Waals surface area contributed by atoms with E-state index < -0.39 is 0 Å². The maximum absolute atomic E-state index is 12.3. The molecular formula is C27H33N3O3. The average Bonchev–Trinajstić information content (AvgIpc) is 3.38. The molecule has 2 aliphatic rings. The third-order valence-electron chi connectivity index (χ3n) is 7.68. The number of methoxy groups -OCH3 is 2. The van der Waals surface area contributed by atoms with Gasteiger partial charge in [0.2, 0.25) is 5.91 Å². The van der Waals surface area contributed by atoms with E-state index in [0.29, 0.717) is 12.5 Å². The van der Waals surface area contributed by atoms with E-state index in [4.69, 9.17) is 9.47 Å². The Morgan fingerprint density at radius 1 is 1.12 bits per heavy atom. The van der Waals surface area contributed by atoms with Gasteiger partial charge in [0.05, 0.1) is 14.2 Å². The molecule has 1 aromatic heterocycles. The first kappa shape index (κ1) is 21.8. The molecule has 2 N–H and O–H groups in total. The third-order valence-corrected chi connectivity index (χ3v) is 7.68. The summed E-state index contributed by atoms with van der Waals surface area (Å²) in [5, 5.41) is 8.50. The summed E-state index contributed by atoms with van der Waals surface area (Å²) < 4.78 is 13.2. The van der Waals surface area contributed by atoms with Crippen LogP contribution in [0.1, 0.15) is 49.1 Å². The van der Waals surface area contributed by atoms with E-state index in [0.717, 1.165) is 43.7 Å². The lowest BCUT2D eigenvalue weighted by molar-refractivity contribution is -0.120. The first-order valence-corrected chi connectivity index (χ1v) is 11.8.